The molecule has 4 aromatic rings. The molecule has 6 nitrogen and oxygen atoms in total. The van der Waals surface area contributed by atoms with Crippen molar-refractivity contribution in [3.05, 3.63) is 77.1 Å². The van der Waals surface area contributed by atoms with Gasteiger partial charge in [0.1, 0.15) is 5.52 Å². The number of nitrogens with zero attached hydrogens (tertiary/aromatic N) is 4. The largest absolute Gasteiger partial charge is 0.394 e. The first-order chi connectivity index (χ1) is 13.6. The molecule has 1 unspecified atom stereocenters. The number of hydrogen-bond donors (Lipinski definition) is 1. The van der Waals surface area contributed by atoms with Gasteiger partial charge in [-0.05, 0) is 32.0 Å². The number of hydrogen-bond acceptors (Lipinski definition) is 5. The van der Waals surface area contributed by atoms with Crippen LogP contribution in [0.4, 0.5) is 0 Å². The average Bonchev–Trinajstić information content (AvgIpc) is 2.74. The Balaban J connectivity index is 2.04. The number of aromatic nitrogens is 4. The zero-order chi connectivity index (χ0) is 19.7. The number of pyridine rings is 2. The maximum absolute atomic E-state index is 13.1. The molecule has 0 aliphatic carbocycles. The third kappa shape index (κ3) is 3.18. The fourth-order valence-corrected chi connectivity index (χ4v) is 3.12. The Hall–Kier alpha value is -3.38. The van der Waals surface area contributed by atoms with Crippen molar-refractivity contribution in [2.24, 2.45) is 0 Å². The first kappa shape index (κ1) is 18.0. The quantitative estimate of drug-likeness (QED) is 0.594. The van der Waals surface area contributed by atoms with E-state index in [1.165, 1.54) is 10.9 Å². The van der Waals surface area contributed by atoms with E-state index in [9.17, 15) is 9.90 Å². The molecule has 0 saturated heterocycles. The van der Waals surface area contributed by atoms with Gasteiger partial charge < -0.3 is 5.11 Å². The molecule has 28 heavy (non-hydrogen) atoms. The Labute approximate surface area is 162 Å². The van der Waals surface area contributed by atoms with Crippen molar-refractivity contribution in [2.45, 2.75) is 19.9 Å². The zero-order valence-electron chi connectivity index (χ0n) is 15.7. The van der Waals surface area contributed by atoms with Crippen molar-refractivity contribution >= 4 is 10.9 Å². The van der Waals surface area contributed by atoms with Crippen LogP contribution in [-0.4, -0.2) is 31.2 Å². The predicted octanol–water partition coefficient (Wildman–Crippen LogP) is 3.38. The second kappa shape index (κ2) is 7.32. The summed E-state index contributed by atoms with van der Waals surface area (Å²) in [7, 11) is 0. The Morgan fingerprint density at radius 3 is 2.61 bits per heavy atom. The van der Waals surface area contributed by atoms with Gasteiger partial charge >= 0.3 is 0 Å². The smallest absolute Gasteiger partial charge is 0.261 e. The van der Waals surface area contributed by atoms with E-state index in [-0.39, 0.29) is 18.2 Å². The lowest BCUT2D eigenvalue weighted by Crippen LogP contribution is -2.25. The highest BCUT2D eigenvalue weighted by Crippen LogP contribution is 2.28. The third-order valence-corrected chi connectivity index (χ3v) is 4.79. The van der Waals surface area contributed by atoms with Crippen molar-refractivity contribution in [1.82, 2.24) is 19.5 Å². The second-order valence-corrected chi connectivity index (χ2v) is 6.85. The minimum absolute atomic E-state index is 0.140. The van der Waals surface area contributed by atoms with Crippen LogP contribution in [0, 0.1) is 6.92 Å². The summed E-state index contributed by atoms with van der Waals surface area (Å²) in [5, 5.41) is 9.93. The van der Waals surface area contributed by atoms with Crippen molar-refractivity contribution < 1.29 is 5.11 Å². The molecule has 1 aromatic carbocycles. The molecular formula is C22H20N4O2. The van der Waals surface area contributed by atoms with Crippen LogP contribution in [0.25, 0.3) is 33.4 Å². The summed E-state index contributed by atoms with van der Waals surface area (Å²) in [6, 6.07) is 13.1. The number of aliphatic hydroxyl groups is 1. The Morgan fingerprint density at radius 1 is 1.14 bits per heavy atom. The standard InChI is InChI=1S/C22H20N4O2/c1-14-5-7-16(8-6-14)19-10-18-21(20(25-19)17-4-3-9-23-11-17)24-13-26(22(18)28)15(2)12-27/h3-11,13,15,27H,12H2,1-2H3. The van der Waals surface area contributed by atoms with E-state index in [2.05, 4.69) is 9.97 Å². The highest BCUT2D eigenvalue weighted by molar-refractivity contribution is 5.93. The van der Waals surface area contributed by atoms with Crippen LogP contribution in [-0.2, 0) is 0 Å². The summed E-state index contributed by atoms with van der Waals surface area (Å²) in [4.78, 5) is 26.6. The topological polar surface area (TPSA) is 80.9 Å². The lowest BCUT2D eigenvalue weighted by Gasteiger charge is -2.14. The van der Waals surface area contributed by atoms with E-state index >= 15 is 0 Å². The fraction of sp³-hybridized carbons (Fsp3) is 0.182. The first-order valence-electron chi connectivity index (χ1n) is 9.08. The maximum atomic E-state index is 13.1. The van der Waals surface area contributed by atoms with E-state index in [0.717, 1.165) is 16.7 Å². The Kier molecular flexibility index (Phi) is 4.71. The van der Waals surface area contributed by atoms with Crippen LogP contribution in [0.2, 0.25) is 0 Å². The van der Waals surface area contributed by atoms with Crippen LogP contribution in [0.3, 0.4) is 0 Å². The van der Waals surface area contributed by atoms with Crippen LogP contribution >= 0.6 is 0 Å². The summed E-state index contributed by atoms with van der Waals surface area (Å²) in [5.74, 6) is 0. The molecule has 1 N–H and O–H groups in total. The predicted molar refractivity (Wildman–Crippen MR) is 109 cm³/mol. The van der Waals surface area contributed by atoms with Gasteiger partial charge in [-0.25, -0.2) is 9.97 Å². The molecule has 3 heterocycles. The van der Waals surface area contributed by atoms with Crippen molar-refractivity contribution in [3.8, 4) is 22.5 Å². The number of fused-ring (bicyclic) bond motifs is 1. The van der Waals surface area contributed by atoms with Crippen LogP contribution < -0.4 is 5.56 Å². The van der Waals surface area contributed by atoms with Gasteiger partial charge in [0, 0.05) is 23.5 Å². The molecule has 0 aliphatic rings. The number of aliphatic hydroxyl groups excluding tert-OH is 1. The Morgan fingerprint density at radius 2 is 1.93 bits per heavy atom. The molecule has 0 spiro atoms. The van der Waals surface area contributed by atoms with E-state index in [0.29, 0.717) is 22.3 Å². The van der Waals surface area contributed by atoms with Crippen LogP contribution in [0.5, 0.6) is 0 Å². The summed E-state index contributed by atoms with van der Waals surface area (Å²) in [6.45, 7) is 3.66. The van der Waals surface area contributed by atoms with Gasteiger partial charge in [-0.1, -0.05) is 29.8 Å². The molecule has 0 fully saturated rings. The molecule has 0 radical (unpaired) electrons. The van der Waals surface area contributed by atoms with E-state index in [4.69, 9.17) is 4.98 Å². The van der Waals surface area contributed by atoms with Gasteiger partial charge in [0.25, 0.3) is 5.56 Å². The average molecular weight is 372 g/mol. The highest BCUT2D eigenvalue weighted by atomic mass is 16.3. The van der Waals surface area contributed by atoms with Gasteiger partial charge in [0.2, 0.25) is 0 Å². The van der Waals surface area contributed by atoms with Gasteiger partial charge in [-0.15, -0.1) is 0 Å². The normalized spacial score (nSPS) is 12.2. The molecule has 1 atom stereocenters. The monoisotopic (exact) mass is 372 g/mol. The van der Waals surface area contributed by atoms with Crippen LogP contribution in [0.15, 0.2) is 66.0 Å². The fourth-order valence-electron chi connectivity index (χ4n) is 3.12. The summed E-state index contributed by atoms with van der Waals surface area (Å²) >= 11 is 0. The van der Waals surface area contributed by atoms with Crippen molar-refractivity contribution in [2.75, 3.05) is 6.61 Å². The molecule has 4 rings (SSSR count). The van der Waals surface area contributed by atoms with Crippen molar-refractivity contribution in [1.29, 1.82) is 0 Å². The Bertz CT molecular complexity index is 1190. The molecule has 0 amide bonds. The molecule has 3 aromatic heterocycles. The lowest BCUT2D eigenvalue weighted by molar-refractivity contribution is 0.236. The van der Waals surface area contributed by atoms with Gasteiger partial charge in [0.15, 0.2) is 0 Å². The first-order valence-corrected chi connectivity index (χ1v) is 9.08. The molecule has 0 bridgehead atoms. The van der Waals surface area contributed by atoms with Crippen molar-refractivity contribution in [3.63, 3.8) is 0 Å². The minimum atomic E-state index is -0.359. The number of rotatable bonds is 4. The van der Waals surface area contributed by atoms with Crippen LogP contribution in [0.1, 0.15) is 18.5 Å². The molecule has 6 heteroatoms. The lowest BCUT2D eigenvalue weighted by atomic mass is 10.0. The third-order valence-electron chi connectivity index (χ3n) is 4.79. The van der Waals surface area contributed by atoms with E-state index in [1.54, 1.807) is 25.4 Å². The van der Waals surface area contributed by atoms with Gasteiger partial charge in [-0.2, -0.15) is 0 Å². The summed E-state index contributed by atoms with van der Waals surface area (Å²) in [5.41, 5.74) is 4.49. The highest BCUT2D eigenvalue weighted by Gasteiger charge is 2.16. The molecule has 0 saturated carbocycles. The molecule has 0 aliphatic heterocycles. The summed E-state index contributed by atoms with van der Waals surface area (Å²) in [6.07, 6.45) is 4.88. The molecular weight excluding hydrogens is 352 g/mol. The zero-order valence-corrected chi connectivity index (χ0v) is 15.7. The maximum Gasteiger partial charge on any atom is 0.261 e. The number of benzene rings is 1. The van der Waals surface area contributed by atoms with Gasteiger partial charge in [-0.3, -0.25) is 14.3 Å². The minimum Gasteiger partial charge on any atom is -0.394 e. The summed E-state index contributed by atoms with van der Waals surface area (Å²) < 4.78 is 1.45. The van der Waals surface area contributed by atoms with E-state index in [1.807, 2.05) is 43.3 Å². The molecule has 140 valence electrons. The van der Waals surface area contributed by atoms with E-state index < -0.39 is 0 Å². The SMILES string of the molecule is Cc1ccc(-c2cc3c(=O)n(C(C)CO)cnc3c(-c3cccnc3)n2)cc1. The second-order valence-electron chi connectivity index (χ2n) is 6.85. The van der Waals surface area contributed by atoms with Gasteiger partial charge in [0.05, 0.1) is 35.8 Å². The number of aryl methyl sites for hydroxylation is 1.